The largest absolute Gasteiger partial charge is 0.325 e. The van der Waals surface area contributed by atoms with Crippen LogP contribution in [-0.4, -0.2) is 38.1 Å². The molecule has 0 aliphatic carbocycles. The van der Waals surface area contributed by atoms with Crippen LogP contribution >= 0.6 is 11.8 Å². The minimum Gasteiger partial charge on any atom is -0.325 e. The fourth-order valence-electron chi connectivity index (χ4n) is 2.31. The third-order valence-corrected chi connectivity index (χ3v) is 4.57. The van der Waals surface area contributed by atoms with Gasteiger partial charge in [-0.3, -0.25) is 9.59 Å². The predicted octanol–water partition coefficient (Wildman–Crippen LogP) is 2.89. The topological polar surface area (TPSA) is 88.9 Å². The van der Waals surface area contributed by atoms with Crippen molar-refractivity contribution in [3.63, 3.8) is 0 Å². The van der Waals surface area contributed by atoms with Crippen molar-refractivity contribution in [3.05, 3.63) is 66.7 Å². The number of thioether (sulfide) groups is 1. The summed E-state index contributed by atoms with van der Waals surface area (Å²) in [6.07, 6.45) is 3.06. The van der Waals surface area contributed by atoms with Crippen LogP contribution in [0.2, 0.25) is 0 Å². The van der Waals surface area contributed by atoms with Crippen molar-refractivity contribution >= 4 is 35.0 Å². The molecule has 0 bridgehead atoms. The molecule has 0 aliphatic heterocycles. The molecule has 0 radical (unpaired) electrons. The molecule has 8 heteroatoms. The van der Waals surface area contributed by atoms with Crippen molar-refractivity contribution in [3.8, 4) is 5.69 Å². The van der Waals surface area contributed by atoms with Crippen LogP contribution in [0.5, 0.6) is 0 Å². The Labute approximate surface area is 161 Å². The van der Waals surface area contributed by atoms with Gasteiger partial charge in [-0.05, 0) is 43.3 Å². The fraction of sp³-hybridized carbons (Fsp3) is 0.158. The predicted molar refractivity (Wildman–Crippen MR) is 107 cm³/mol. The number of nitrogens with zero attached hydrogens (tertiary/aromatic N) is 3. The van der Waals surface area contributed by atoms with Gasteiger partial charge in [-0.25, -0.2) is 9.67 Å². The zero-order valence-electron chi connectivity index (χ0n) is 14.8. The molecular formula is C19H19N5O2S. The van der Waals surface area contributed by atoms with E-state index in [0.29, 0.717) is 5.69 Å². The Bertz CT molecular complexity index is 893. The molecule has 2 aromatic carbocycles. The number of rotatable bonds is 7. The van der Waals surface area contributed by atoms with Crippen molar-refractivity contribution < 1.29 is 9.59 Å². The highest BCUT2D eigenvalue weighted by Crippen LogP contribution is 2.13. The first kappa shape index (κ1) is 18.7. The molecule has 0 saturated heterocycles. The highest BCUT2D eigenvalue weighted by Gasteiger charge is 2.07. The Morgan fingerprint density at radius 1 is 0.926 bits per heavy atom. The lowest BCUT2D eigenvalue weighted by atomic mass is 10.2. The van der Waals surface area contributed by atoms with Crippen LogP contribution in [0.3, 0.4) is 0 Å². The van der Waals surface area contributed by atoms with Crippen molar-refractivity contribution in [2.75, 3.05) is 22.1 Å². The number of hydrogen-bond donors (Lipinski definition) is 2. The Balaban J connectivity index is 1.40. The molecule has 1 heterocycles. The Morgan fingerprint density at radius 3 is 2.00 bits per heavy atom. The summed E-state index contributed by atoms with van der Waals surface area (Å²) in [6.45, 7) is 1.99. The Kier molecular flexibility index (Phi) is 6.22. The van der Waals surface area contributed by atoms with Crippen molar-refractivity contribution in [1.82, 2.24) is 14.8 Å². The molecule has 0 spiro atoms. The molecule has 27 heavy (non-hydrogen) atoms. The molecule has 0 aliphatic rings. The maximum absolute atomic E-state index is 12.0. The van der Waals surface area contributed by atoms with Gasteiger partial charge in [-0.2, -0.15) is 5.10 Å². The van der Waals surface area contributed by atoms with Crippen LogP contribution in [0.25, 0.3) is 5.69 Å². The SMILES string of the molecule is Cc1ccc(NC(=O)CSCC(=O)Nc2ccc(-n3cncn3)cc2)cc1. The second kappa shape index (κ2) is 9.00. The molecule has 0 atom stereocenters. The van der Waals surface area contributed by atoms with E-state index in [1.165, 1.54) is 18.1 Å². The van der Waals surface area contributed by atoms with E-state index in [4.69, 9.17) is 0 Å². The molecule has 138 valence electrons. The van der Waals surface area contributed by atoms with Gasteiger partial charge >= 0.3 is 0 Å². The second-order valence-corrected chi connectivity index (χ2v) is 6.83. The van der Waals surface area contributed by atoms with E-state index >= 15 is 0 Å². The maximum Gasteiger partial charge on any atom is 0.234 e. The van der Waals surface area contributed by atoms with Crippen LogP contribution in [0.1, 0.15) is 5.56 Å². The van der Waals surface area contributed by atoms with E-state index in [2.05, 4.69) is 20.7 Å². The lowest BCUT2D eigenvalue weighted by Gasteiger charge is -2.07. The van der Waals surface area contributed by atoms with Crippen LogP contribution in [0, 0.1) is 6.92 Å². The normalized spacial score (nSPS) is 10.4. The lowest BCUT2D eigenvalue weighted by molar-refractivity contribution is -0.114. The number of aryl methyl sites for hydroxylation is 1. The van der Waals surface area contributed by atoms with E-state index < -0.39 is 0 Å². The first-order valence-corrected chi connectivity index (χ1v) is 9.45. The molecular weight excluding hydrogens is 362 g/mol. The van der Waals surface area contributed by atoms with Gasteiger partial charge in [0.1, 0.15) is 12.7 Å². The van der Waals surface area contributed by atoms with E-state index in [0.717, 1.165) is 16.9 Å². The quantitative estimate of drug-likeness (QED) is 0.657. The lowest BCUT2D eigenvalue weighted by Crippen LogP contribution is -2.18. The molecule has 0 unspecified atom stereocenters. The standard InChI is InChI=1S/C19H19N5O2S/c1-14-2-4-15(5-3-14)22-18(25)10-27-11-19(26)23-16-6-8-17(9-7-16)24-13-20-12-21-24/h2-9,12-13H,10-11H2,1H3,(H,22,25)(H,23,26). The molecule has 0 fully saturated rings. The number of carbonyl (C=O) groups is 2. The smallest absolute Gasteiger partial charge is 0.234 e. The summed E-state index contributed by atoms with van der Waals surface area (Å²) in [6, 6.07) is 14.8. The summed E-state index contributed by atoms with van der Waals surface area (Å²) >= 11 is 1.27. The van der Waals surface area contributed by atoms with E-state index in [1.807, 2.05) is 43.3 Å². The summed E-state index contributed by atoms with van der Waals surface area (Å²) in [7, 11) is 0. The van der Waals surface area contributed by atoms with Crippen molar-refractivity contribution in [2.45, 2.75) is 6.92 Å². The first-order valence-electron chi connectivity index (χ1n) is 8.29. The number of nitrogens with one attached hydrogen (secondary N) is 2. The number of amides is 2. The van der Waals surface area contributed by atoms with Crippen LogP contribution in [0.15, 0.2) is 61.2 Å². The van der Waals surface area contributed by atoms with Crippen molar-refractivity contribution in [1.29, 1.82) is 0 Å². The Hall–Kier alpha value is -3.13. The summed E-state index contributed by atoms with van der Waals surface area (Å²) in [4.78, 5) is 27.8. The highest BCUT2D eigenvalue weighted by molar-refractivity contribution is 8.00. The third kappa shape index (κ3) is 5.68. The van der Waals surface area contributed by atoms with Gasteiger partial charge in [-0.15, -0.1) is 11.8 Å². The number of hydrogen-bond acceptors (Lipinski definition) is 5. The zero-order valence-corrected chi connectivity index (χ0v) is 15.6. The summed E-state index contributed by atoms with van der Waals surface area (Å²) < 4.78 is 1.63. The summed E-state index contributed by atoms with van der Waals surface area (Å²) in [5.74, 6) is 0.129. The summed E-state index contributed by atoms with van der Waals surface area (Å²) in [5, 5.41) is 9.66. The van der Waals surface area contributed by atoms with Gasteiger partial charge in [0.05, 0.1) is 17.2 Å². The molecule has 2 amide bonds. The van der Waals surface area contributed by atoms with Crippen LogP contribution in [-0.2, 0) is 9.59 Å². The number of benzene rings is 2. The van der Waals surface area contributed by atoms with E-state index in [1.54, 1.807) is 23.1 Å². The van der Waals surface area contributed by atoms with Gasteiger partial charge in [-0.1, -0.05) is 17.7 Å². The van der Waals surface area contributed by atoms with E-state index in [-0.39, 0.29) is 23.3 Å². The molecule has 0 saturated carbocycles. The average molecular weight is 381 g/mol. The number of anilines is 2. The monoisotopic (exact) mass is 381 g/mol. The zero-order chi connectivity index (χ0) is 19.1. The first-order chi connectivity index (χ1) is 13.1. The molecule has 3 aromatic rings. The van der Waals surface area contributed by atoms with Gasteiger partial charge in [0, 0.05) is 11.4 Å². The fourth-order valence-corrected chi connectivity index (χ4v) is 2.92. The van der Waals surface area contributed by atoms with Gasteiger partial charge < -0.3 is 10.6 Å². The minimum absolute atomic E-state index is 0.131. The molecule has 1 aromatic heterocycles. The molecule has 7 nitrogen and oxygen atoms in total. The van der Waals surface area contributed by atoms with Gasteiger partial charge in [0.25, 0.3) is 0 Å². The van der Waals surface area contributed by atoms with Crippen molar-refractivity contribution in [2.24, 2.45) is 0 Å². The molecule has 3 rings (SSSR count). The van der Waals surface area contributed by atoms with Crippen LogP contribution in [0.4, 0.5) is 11.4 Å². The third-order valence-electron chi connectivity index (χ3n) is 3.64. The Morgan fingerprint density at radius 2 is 1.48 bits per heavy atom. The average Bonchev–Trinajstić information content (AvgIpc) is 3.19. The van der Waals surface area contributed by atoms with Gasteiger partial charge in [0.15, 0.2) is 0 Å². The van der Waals surface area contributed by atoms with Crippen LogP contribution < -0.4 is 10.6 Å². The molecule has 2 N–H and O–H groups in total. The van der Waals surface area contributed by atoms with E-state index in [9.17, 15) is 9.59 Å². The second-order valence-electron chi connectivity index (χ2n) is 5.84. The maximum atomic E-state index is 12.0. The van der Waals surface area contributed by atoms with Gasteiger partial charge in [0.2, 0.25) is 11.8 Å². The minimum atomic E-state index is -0.156. The number of aromatic nitrogens is 3. The number of carbonyl (C=O) groups excluding carboxylic acids is 2. The summed E-state index contributed by atoms with van der Waals surface area (Å²) in [5.41, 5.74) is 3.43. The highest BCUT2D eigenvalue weighted by atomic mass is 32.2.